The van der Waals surface area contributed by atoms with E-state index >= 15 is 0 Å². The molecule has 1 aromatic carbocycles. The highest BCUT2D eigenvalue weighted by Crippen LogP contribution is 2.35. The topological polar surface area (TPSA) is 54.5 Å². The van der Waals surface area contributed by atoms with E-state index in [0.717, 1.165) is 60.9 Å². The first kappa shape index (κ1) is 16.1. The average Bonchev–Trinajstić information content (AvgIpc) is 3.23. The number of amides is 1. The fourth-order valence-electron chi connectivity index (χ4n) is 3.35. The second-order valence-corrected chi connectivity index (χ2v) is 7.83. The number of halogens is 1. The van der Waals surface area contributed by atoms with E-state index in [1.165, 1.54) is 0 Å². The number of fused-ring (bicyclic) bond motifs is 1. The first-order valence-electron chi connectivity index (χ1n) is 8.39. The number of para-hydroxylation sites is 1. The van der Waals surface area contributed by atoms with E-state index in [1.54, 1.807) is 11.3 Å². The van der Waals surface area contributed by atoms with Gasteiger partial charge in [-0.05, 0) is 31.4 Å². The van der Waals surface area contributed by atoms with Crippen LogP contribution in [0.1, 0.15) is 19.3 Å². The molecule has 1 aromatic heterocycles. The molecule has 2 aromatic rings. The first-order chi connectivity index (χ1) is 11.7. The number of aromatic nitrogens is 1. The third-order valence-corrected chi connectivity index (χ3v) is 6.14. The summed E-state index contributed by atoms with van der Waals surface area (Å²) in [6, 6.07) is 6.11. The molecule has 2 saturated heterocycles. The van der Waals surface area contributed by atoms with Gasteiger partial charge < -0.3 is 15.0 Å². The van der Waals surface area contributed by atoms with Crippen molar-refractivity contribution in [3.63, 3.8) is 0 Å². The molecule has 1 N–H and O–H groups in total. The van der Waals surface area contributed by atoms with Crippen LogP contribution in [0, 0.1) is 5.92 Å². The molecular weight excluding hydrogens is 346 g/mol. The average molecular weight is 366 g/mol. The van der Waals surface area contributed by atoms with Crippen molar-refractivity contribution in [2.45, 2.75) is 25.3 Å². The Morgan fingerprint density at radius 1 is 1.33 bits per heavy atom. The maximum Gasteiger partial charge on any atom is 0.225 e. The molecule has 0 radical (unpaired) electrons. The summed E-state index contributed by atoms with van der Waals surface area (Å²) in [5.74, 6) is 0.207. The second kappa shape index (κ2) is 6.86. The Morgan fingerprint density at radius 2 is 2.17 bits per heavy atom. The largest absolute Gasteiger partial charge is 0.381 e. The summed E-state index contributed by atoms with van der Waals surface area (Å²) in [5.41, 5.74) is 0.856. The maximum atomic E-state index is 12.5. The number of nitrogens with one attached hydrogen (secondary N) is 1. The van der Waals surface area contributed by atoms with E-state index in [2.05, 4.69) is 15.2 Å². The lowest BCUT2D eigenvalue weighted by Crippen LogP contribution is -2.42. The van der Waals surface area contributed by atoms with Crippen molar-refractivity contribution in [1.82, 2.24) is 10.3 Å². The fraction of sp³-hybridized carbons (Fsp3) is 0.529. The van der Waals surface area contributed by atoms with Gasteiger partial charge in [0.05, 0.1) is 15.6 Å². The summed E-state index contributed by atoms with van der Waals surface area (Å²) < 4.78 is 6.43. The predicted molar refractivity (Wildman–Crippen MR) is 96.9 cm³/mol. The van der Waals surface area contributed by atoms with Gasteiger partial charge in [0.1, 0.15) is 5.52 Å². The van der Waals surface area contributed by atoms with Gasteiger partial charge in [-0.25, -0.2) is 4.98 Å². The number of rotatable bonds is 3. The quantitative estimate of drug-likeness (QED) is 0.908. The first-order valence-corrected chi connectivity index (χ1v) is 9.58. The monoisotopic (exact) mass is 365 g/mol. The highest BCUT2D eigenvalue weighted by atomic mass is 35.5. The lowest BCUT2D eigenvalue weighted by Gasteiger charge is -2.24. The van der Waals surface area contributed by atoms with Gasteiger partial charge in [0.25, 0.3) is 0 Å². The molecule has 1 atom stereocenters. The van der Waals surface area contributed by atoms with E-state index in [1.807, 2.05) is 18.2 Å². The van der Waals surface area contributed by atoms with Crippen LogP contribution in [0.5, 0.6) is 0 Å². The number of hydrogen-bond acceptors (Lipinski definition) is 5. The zero-order valence-corrected chi connectivity index (χ0v) is 14.9. The third-order valence-electron chi connectivity index (χ3n) is 4.76. The van der Waals surface area contributed by atoms with Crippen molar-refractivity contribution >= 4 is 44.2 Å². The Morgan fingerprint density at radius 3 is 2.96 bits per heavy atom. The van der Waals surface area contributed by atoms with Crippen molar-refractivity contribution in [2.75, 3.05) is 31.2 Å². The molecule has 128 valence electrons. The number of nitrogens with zero attached hydrogens (tertiary/aromatic N) is 2. The van der Waals surface area contributed by atoms with E-state index in [4.69, 9.17) is 16.3 Å². The molecule has 0 bridgehead atoms. The van der Waals surface area contributed by atoms with Crippen LogP contribution < -0.4 is 10.2 Å². The Labute approximate surface area is 149 Å². The minimum Gasteiger partial charge on any atom is -0.381 e. The van der Waals surface area contributed by atoms with E-state index in [0.29, 0.717) is 5.02 Å². The Balaban J connectivity index is 1.41. The second-order valence-electron chi connectivity index (χ2n) is 6.41. The van der Waals surface area contributed by atoms with Gasteiger partial charge in [0, 0.05) is 32.3 Å². The number of benzene rings is 1. The molecule has 2 aliphatic heterocycles. The molecule has 5 nitrogen and oxygen atoms in total. The van der Waals surface area contributed by atoms with Gasteiger partial charge in [-0.15, -0.1) is 0 Å². The van der Waals surface area contributed by atoms with Crippen LogP contribution in [0.3, 0.4) is 0 Å². The number of carbonyl (C=O) groups is 1. The van der Waals surface area contributed by atoms with Crippen molar-refractivity contribution < 1.29 is 9.53 Å². The van der Waals surface area contributed by atoms with Crippen molar-refractivity contribution in [3.8, 4) is 0 Å². The van der Waals surface area contributed by atoms with Crippen LogP contribution in [0.15, 0.2) is 18.2 Å². The van der Waals surface area contributed by atoms with Gasteiger partial charge in [-0.1, -0.05) is 29.0 Å². The maximum absolute atomic E-state index is 12.5. The lowest BCUT2D eigenvalue weighted by molar-refractivity contribution is -0.125. The van der Waals surface area contributed by atoms with Gasteiger partial charge >= 0.3 is 0 Å². The van der Waals surface area contributed by atoms with Gasteiger partial charge in [-0.2, -0.15) is 0 Å². The minimum absolute atomic E-state index is 0.0373. The molecule has 1 amide bonds. The van der Waals surface area contributed by atoms with Crippen LogP contribution in [0.4, 0.5) is 5.13 Å². The summed E-state index contributed by atoms with van der Waals surface area (Å²) in [6.45, 7) is 3.08. The molecule has 2 fully saturated rings. The predicted octanol–water partition coefficient (Wildman–Crippen LogP) is 3.07. The normalized spacial score (nSPS) is 22.2. The van der Waals surface area contributed by atoms with Crippen molar-refractivity contribution in [1.29, 1.82) is 0 Å². The summed E-state index contributed by atoms with van der Waals surface area (Å²) in [7, 11) is 0. The molecule has 0 spiro atoms. The van der Waals surface area contributed by atoms with Crippen molar-refractivity contribution in [2.24, 2.45) is 5.92 Å². The van der Waals surface area contributed by atoms with E-state index < -0.39 is 0 Å². The zero-order chi connectivity index (χ0) is 16.5. The summed E-state index contributed by atoms with van der Waals surface area (Å²) >= 11 is 7.86. The molecular formula is C17H20ClN3O2S. The molecule has 3 heterocycles. The van der Waals surface area contributed by atoms with E-state index in [-0.39, 0.29) is 17.9 Å². The highest BCUT2D eigenvalue weighted by molar-refractivity contribution is 7.22. The molecule has 7 heteroatoms. The third kappa shape index (κ3) is 3.23. The number of carbonyl (C=O) groups excluding carboxylic acids is 1. The molecule has 1 unspecified atom stereocenters. The molecule has 0 aliphatic carbocycles. The standard InChI is InChI=1S/C17H20ClN3O2S/c18-13-2-1-3-14-15(13)20-17(24-14)21-7-4-11(10-21)16(22)19-12-5-8-23-9-6-12/h1-3,11-12H,4-10H2,(H,19,22). The van der Waals surface area contributed by atoms with Crippen LogP contribution in [0.2, 0.25) is 5.02 Å². The van der Waals surface area contributed by atoms with Crippen LogP contribution >= 0.6 is 22.9 Å². The summed E-state index contributed by atoms with van der Waals surface area (Å²) in [4.78, 5) is 19.4. The van der Waals surface area contributed by atoms with Crippen LogP contribution in [0.25, 0.3) is 10.2 Å². The van der Waals surface area contributed by atoms with Crippen molar-refractivity contribution in [3.05, 3.63) is 23.2 Å². The number of hydrogen-bond donors (Lipinski definition) is 1. The Hall–Kier alpha value is -1.37. The number of thiazole rings is 1. The Kier molecular flexibility index (Phi) is 4.61. The highest BCUT2D eigenvalue weighted by Gasteiger charge is 2.31. The van der Waals surface area contributed by atoms with E-state index in [9.17, 15) is 4.79 Å². The molecule has 2 aliphatic rings. The van der Waals surface area contributed by atoms with Gasteiger partial charge in [-0.3, -0.25) is 4.79 Å². The lowest BCUT2D eigenvalue weighted by atomic mass is 10.1. The summed E-state index contributed by atoms with van der Waals surface area (Å²) in [6.07, 6.45) is 2.70. The van der Waals surface area contributed by atoms with Gasteiger partial charge in [0.15, 0.2) is 5.13 Å². The summed E-state index contributed by atoms with van der Waals surface area (Å²) in [5, 5.41) is 4.83. The number of ether oxygens (including phenoxy) is 1. The van der Waals surface area contributed by atoms with Gasteiger partial charge in [0.2, 0.25) is 5.91 Å². The Bertz CT molecular complexity index is 745. The van der Waals surface area contributed by atoms with Crippen LogP contribution in [-0.2, 0) is 9.53 Å². The number of anilines is 1. The fourth-order valence-corrected chi connectivity index (χ4v) is 4.65. The molecule has 24 heavy (non-hydrogen) atoms. The smallest absolute Gasteiger partial charge is 0.225 e. The molecule has 4 rings (SSSR count). The zero-order valence-electron chi connectivity index (χ0n) is 13.3. The SMILES string of the molecule is O=C(NC1CCOCC1)C1CCN(c2nc3c(Cl)cccc3s2)C1. The molecule has 0 saturated carbocycles. The van der Waals surface area contributed by atoms with Crippen LogP contribution in [-0.4, -0.2) is 43.2 Å². The minimum atomic E-state index is 0.0373.